The molecule has 20 heavy (non-hydrogen) atoms. The van der Waals surface area contributed by atoms with E-state index in [4.69, 9.17) is 5.11 Å². The molecule has 2 aromatic rings. The van der Waals surface area contributed by atoms with Gasteiger partial charge in [0.25, 0.3) is 0 Å². The Morgan fingerprint density at radius 2 is 1.70 bits per heavy atom. The minimum Gasteiger partial charge on any atom is -0.508 e. The SMILES string of the molecule is CCc1c(O)cc(O)c(-c2ccccc2)c1CC(=O)O. The van der Waals surface area contributed by atoms with Gasteiger partial charge in [-0.1, -0.05) is 37.3 Å². The smallest absolute Gasteiger partial charge is 0.307 e. The van der Waals surface area contributed by atoms with Crippen molar-refractivity contribution in [2.24, 2.45) is 0 Å². The minimum atomic E-state index is -0.998. The van der Waals surface area contributed by atoms with Gasteiger partial charge < -0.3 is 15.3 Å². The lowest BCUT2D eigenvalue weighted by Crippen LogP contribution is -2.06. The van der Waals surface area contributed by atoms with Crippen LogP contribution in [0.1, 0.15) is 18.1 Å². The molecule has 0 fully saturated rings. The topological polar surface area (TPSA) is 77.8 Å². The van der Waals surface area contributed by atoms with Gasteiger partial charge in [0.2, 0.25) is 0 Å². The maximum Gasteiger partial charge on any atom is 0.307 e. The summed E-state index contributed by atoms with van der Waals surface area (Å²) in [6.45, 7) is 1.84. The Labute approximate surface area is 116 Å². The molecule has 0 aliphatic heterocycles. The summed E-state index contributed by atoms with van der Waals surface area (Å²) in [5.74, 6) is -1.18. The standard InChI is InChI=1S/C16H16O4/c1-2-11-12(8-15(19)20)16(14(18)9-13(11)17)10-6-4-3-5-7-10/h3-7,9,17-18H,2,8H2,1H3,(H,19,20). The molecule has 0 unspecified atom stereocenters. The van der Waals surface area contributed by atoms with Crippen molar-refractivity contribution in [3.05, 3.63) is 47.5 Å². The van der Waals surface area contributed by atoms with E-state index in [1.165, 1.54) is 6.07 Å². The number of phenols is 2. The second-order valence-corrected chi connectivity index (χ2v) is 4.54. The van der Waals surface area contributed by atoms with Crippen molar-refractivity contribution in [1.29, 1.82) is 0 Å². The van der Waals surface area contributed by atoms with Crippen molar-refractivity contribution in [1.82, 2.24) is 0 Å². The predicted molar refractivity (Wildman–Crippen MR) is 75.9 cm³/mol. The molecule has 0 bridgehead atoms. The fourth-order valence-electron chi connectivity index (χ4n) is 2.42. The number of hydrogen-bond acceptors (Lipinski definition) is 3. The normalized spacial score (nSPS) is 10.4. The minimum absolute atomic E-state index is 0.0686. The fourth-order valence-corrected chi connectivity index (χ4v) is 2.42. The third-order valence-electron chi connectivity index (χ3n) is 3.25. The van der Waals surface area contributed by atoms with Crippen molar-refractivity contribution in [3.8, 4) is 22.6 Å². The zero-order valence-corrected chi connectivity index (χ0v) is 11.1. The predicted octanol–water partition coefficient (Wildman–Crippen LogP) is 2.95. The van der Waals surface area contributed by atoms with Gasteiger partial charge in [-0.3, -0.25) is 4.79 Å². The molecule has 2 rings (SSSR count). The van der Waals surface area contributed by atoms with Crippen LogP contribution in [0.3, 0.4) is 0 Å². The zero-order valence-electron chi connectivity index (χ0n) is 11.1. The van der Waals surface area contributed by atoms with Crippen LogP contribution in [0.15, 0.2) is 36.4 Å². The summed E-state index contributed by atoms with van der Waals surface area (Å²) in [4.78, 5) is 11.1. The van der Waals surface area contributed by atoms with Crippen molar-refractivity contribution in [2.45, 2.75) is 19.8 Å². The molecule has 2 aromatic carbocycles. The van der Waals surface area contributed by atoms with Crippen LogP contribution in [0, 0.1) is 0 Å². The Balaban J connectivity index is 2.74. The Bertz CT molecular complexity index is 633. The van der Waals surface area contributed by atoms with Crippen molar-refractivity contribution < 1.29 is 20.1 Å². The molecule has 3 N–H and O–H groups in total. The van der Waals surface area contributed by atoms with Crippen LogP contribution in [0.25, 0.3) is 11.1 Å². The average molecular weight is 272 g/mol. The first-order valence-corrected chi connectivity index (χ1v) is 6.38. The van der Waals surface area contributed by atoms with E-state index in [2.05, 4.69) is 0 Å². The van der Waals surface area contributed by atoms with Crippen molar-refractivity contribution in [2.75, 3.05) is 0 Å². The van der Waals surface area contributed by atoms with Crippen LogP contribution in [-0.2, 0) is 17.6 Å². The summed E-state index contributed by atoms with van der Waals surface area (Å²) in [6, 6.07) is 10.4. The van der Waals surface area contributed by atoms with E-state index in [0.717, 1.165) is 5.56 Å². The van der Waals surface area contributed by atoms with Gasteiger partial charge in [-0.2, -0.15) is 0 Å². The maximum absolute atomic E-state index is 11.1. The molecule has 0 saturated heterocycles. The van der Waals surface area contributed by atoms with Crippen molar-refractivity contribution in [3.63, 3.8) is 0 Å². The lowest BCUT2D eigenvalue weighted by Gasteiger charge is -2.16. The third kappa shape index (κ3) is 2.59. The number of benzene rings is 2. The Morgan fingerprint density at radius 3 is 2.25 bits per heavy atom. The number of phenolic OH excluding ortho intramolecular Hbond substituents is 2. The summed E-state index contributed by atoms with van der Waals surface area (Å²) in [7, 11) is 0. The molecule has 0 spiro atoms. The monoisotopic (exact) mass is 272 g/mol. The molecule has 4 heteroatoms. The zero-order chi connectivity index (χ0) is 14.7. The van der Waals surface area contributed by atoms with Crippen LogP contribution in [0.4, 0.5) is 0 Å². The van der Waals surface area contributed by atoms with E-state index >= 15 is 0 Å². The summed E-state index contributed by atoms with van der Waals surface area (Å²) in [5, 5.41) is 29.1. The molecule has 0 aliphatic rings. The second-order valence-electron chi connectivity index (χ2n) is 4.54. The molecule has 4 nitrogen and oxygen atoms in total. The van der Waals surface area contributed by atoms with Gasteiger partial charge in [0.1, 0.15) is 11.5 Å². The number of carboxylic acids is 1. The molecule has 104 valence electrons. The van der Waals surface area contributed by atoms with E-state index in [9.17, 15) is 15.0 Å². The quantitative estimate of drug-likeness (QED) is 0.799. The summed E-state index contributed by atoms with van der Waals surface area (Å²) >= 11 is 0. The molecular formula is C16H16O4. The van der Waals surface area contributed by atoms with Gasteiger partial charge in [0, 0.05) is 11.6 Å². The number of aromatic hydroxyl groups is 2. The highest BCUT2D eigenvalue weighted by atomic mass is 16.4. The van der Waals surface area contributed by atoms with E-state index in [-0.39, 0.29) is 17.9 Å². The molecule has 0 aromatic heterocycles. The fraction of sp³-hybridized carbons (Fsp3) is 0.188. The summed E-state index contributed by atoms with van der Waals surface area (Å²) in [6.07, 6.45) is 0.254. The van der Waals surface area contributed by atoms with E-state index in [1.54, 1.807) is 12.1 Å². The number of rotatable bonds is 4. The molecule has 0 amide bonds. The first kappa shape index (κ1) is 13.9. The number of hydrogen-bond donors (Lipinski definition) is 3. The Hall–Kier alpha value is -2.49. The lowest BCUT2D eigenvalue weighted by atomic mass is 9.90. The molecule has 0 saturated carbocycles. The summed E-state index contributed by atoms with van der Waals surface area (Å²) in [5.41, 5.74) is 2.23. The average Bonchev–Trinajstić information content (AvgIpc) is 2.39. The van der Waals surface area contributed by atoms with Gasteiger partial charge in [-0.05, 0) is 23.1 Å². The van der Waals surface area contributed by atoms with E-state index in [1.807, 2.05) is 25.1 Å². The highest BCUT2D eigenvalue weighted by molar-refractivity contribution is 5.82. The Kier molecular flexibility index (Phi) is 3.94. The first-order valence-electron chi connectivity index (χ1n) is 6.38. The molecule has 0 aliphatic carbocycles. The van der Waals surface area contributed by atoms with Crippen LogP contribution in [-0.4, -0.2) is 21.3 Å². The summed E-state index contributed by atoms with van der Waals surface area (Å²) < 4.78 is 0. The first-order chi connectivity index (χ1) is 9.54. The highest BCUT2D eigenvalue weighted by Gasteiger charge is 2.19. The number of carboxylic acid groups (broad SMARTS) is 1. The van der Waals surface area contributed by atoms with Crippen LogP contribution in [0.2, 0.25) is 0 Å². The van der Waals surface area contributed by atoms with Crippen LogP contribution >= 0.6 is 0 Å². The van der Waals surface area contributed by atoms with E-state index < -0.39 is 5.97 Å². The van der Waals surface area contributed by atoms with Gasteiger partial charge in [-0.25, -0.2) is 0 Å². The maximum atomic E-state index is 11.1. The largest absolute Gasteiger partial charge is 0.508 e. The van der Waals surface area contributed by atoms with Gasteiger partial charge in [-0.15, -0.1) is 0 Å². The molecule has 0 heterocycles. The third-order valence-corrected chi connectivity index (χ3v) is 3.25. The number of aliphatic carboxylic acids is 1. The van der Waals surface area contributed by atoms with E-state index in [0.29, 0.717) is 23.1 Å². The van der Waals surface area contributed by atoms with Gasteiger partial charge in [0.15, 0.2) is 0 Å². The van der Waals surface area contributed by atoms with Crippen molar-refractivity contribution >= 4 is 5.97 Å². The molecule has 0 atom stereocenters. The van der Waals surface area contributed by atoms with Gasteiger partial charge in [0.05, 0.1) is 6.42 Å². The lowest BCUT2D eigenvalue weighted by molar-refractivity contribution is -0.136. The molecule has 0 radical (unpaired) electrons. The van der Waals surface area contributed by atoms with Crippen LogP contribution in [0.5, 0.6) is 11.5 Å². The highest BCUT2D eigenvalue weighted by Crippen LogP contribution is 2.39. The van der Waals surface area contributed by atoms with Crippen LogP contribution < -0.4 is 0 Å². The Morgan fingerprint density at radius 1 is 1.05 bits per heavy atom. The second kappa shape index (κ2) is 5.65. The number of carbonyl (C=O) groups is 1. The molecular weight excluding hydrogens is 256 g/mol. The van der Waals surface area contributed by atoms with Gasteiger partial charge >= 0.3 is 5.97 Å².